The molecule has 2 aromatic rings. The zero-order valence-electron chi connectivity index (χ0n) is 19.1. The predicted molar refractivity (Wildman–Crippen MR) is 127 cm³/mol. The fourth-order valence-electron chi connectivity index (χ4n) is 4.96. The zero-order chi connectivity index (χ0) is 22.6. The minimum atomic E-state index is -3.62. The number of aryl methyl sites for hydroxylation is 1. The summed E-state index contributed by atoms with van der Waals surface area (Å²) in [6.45, 7) is 4.73. The fourth-order valence-corrected chi connectivity index (χ4v) is 6.52. The first-order valence-corrected chi connectivity index (χ1v) is 13.4. The number of hydrogen-bond acceptors (Lipinski definition) is 4. The Labute approximate surface area is 191 Å². The van der Waals surface area contributed by atoms with Gasteiger partial charge in [-0.1, -0.05) is 12.8 Å². The molecule has 0 spiro atoms. The molecule has 1 unspecified atom stereocenters. The largest absolute Gasteiger partial charge is 0.356 e. The number of nitrogens with zero attached hydrogens (tertiary/aromatic N) is 3. The van der Waals surface area contributed by atoms with Crippen molar-refractivity contribution in [2.45, 2.75) is 49.8 Å². The molecular weight excluding hydrogens is 424 g/mol. The number of aromatic nitrogens is 1. The van der Waals surface area contributed by atoms with Crippen molar-refractivity contribution in [3.05, 3.63) is 30.5 Å². The van der Waals surface area contributed by atoms with Crippen LogP contribution in [0.3, 0.4) is 0 Å². The maximum Gasteiger partial charge on any atom is 0.243 e. The number of fused-ring (bicyclic) bond motifs is 1. The van der Waals surface area contributed by atoms with Crippen molar-refractivity contribution in [3.63, 3.8) is 0 Å². The second kappa shape index (κ2) is 10.4. The maximum absolute atomic E-state index is 13.3. The van der Waals surface area contributed by atoms with Gasteiger partial charge in [0, 0.05) is 43.8 Å². The molecule has 7 nitrogen and oxygen atoms in total. The highest BCUT2D eigenvalue weighted by molar-refractivity contribution is 7.89. The van der Waals surface area contributed by atoms with Crippen LogP contribution < -0.4 is 5.32 Å². The van der Waals surface area contributed by atoms with E-state index in [1.165, 1.54) is 30.0 Å². The average Bonchev–Trinajstić information content (AvgIpc) is 2.99. The van der Waals surface area contributed by atoms with E-state index in [-0.39, 0.29) is 18.4 Å². The van der Waals surface area contributed by atoms with Crippen LogP contribution in [-0.4, -0.2) is 67.4 Å². The van der Waals surface area contributed by atoms with E-state index in [0.717, 1.165) is 43.4 Å². The van der Waals surface area contributed by atoms with Crippen LogP contribution in [0, 0.1) is 5.92 Å². The molecule has 3 heterocycles. The van der Waals surface area contributed by atoms with E-state index >= 15 is 0 Å². The number of nitrogens with one attached hydrogen (secondary N) is 1. The van der Waals surface area contributed by atoms with Crippen molar-refractivity contribution in [2.24, 2.45) is 13.0 Å². The number of carbonyl (C=O) groups is 1. The molecule has 0 saturated carbocycles. The Morgan fingerprint density at radius 2 is 1.84 bits per heavy atom. The molecule has 1 N–H and O–H groups in total. The van der Waals surface area contributed by atoms with Crippen molar-refractivity contribution >= 4 is 26.8 Å². The standard InChI is InChI=1S/C24H36N4O3S/c1-26-17-11-20-18-22(9-10-23(20)26)32(30,31)28-16-6-8-21(19-28)24(29)25-12-7-15-27-13-4-2-3-5-14-27/h9-11,17-18,21H,2-8,12-16,19H2,1H3,(H,25,29). The molecule has 176 valence electrons. The van der Waals surface area contributed by atoms with Crippen LogP contribution in [0.5, 0.6) is 0 Å². The van der Waals surface area contributed by atoms with Crippen LogP contribution in [0.4, 0.5) is 0 Å². The van der Waals surface area contributed by atoms with Gasteiger partial charge in [0.1, 0.15) is 0 Å². The molecule has 32 heavy (non-hydrogen) atoms. The smallest absolute Gasteiger partial charge is 0.243 e. The van der Waals surface area contributed by atoms with Crippen LogP contribution >= 0.6 is 0 Å². The van der Waals surface area contributed by atoms with E-state index in [1.807, 2.05) is 29.9 Å². The van der Waals surface area contributed by atoms with Crippen LogP contribution in [0.1, 0.15) is 44.9 Å². The number of carbonyl (C=O) groups excluding carboxylic acids is 1. The molecule has 1 aromatic carbocycles. The van der Waals surface area contributed by atoms with Gasteiger partial charge in [-0.25, -0.2) is 8.42 Å². The normalized spacial score (nSPS) is 21.5. The Bertz CT molecular complexity index is 1030. The summed E-state index contributed by atoms with van der Waals surface area (Å²) in [6, 6.07) is 7.18. The summed E-state index contributed by atoms with van der Waals surface area (Å²) in [6.07, 6.45) is 9.51. The zero-order valence-corrected chi connectivity index (χ0v) is 19.9. The summed E-state index contributed by atoms with van der Waals surface area (Å²) in [7, 11) is -1.67. The monoisotopic (exact) mass is 460 g/mol. The van der Waals surface area contributed by atoms with Crippen molar-refractivity contribution in [2.75, 3.05) is 39.3 Å². The topological polar surface area (TPSA) is 74.6 Å². The summed E-state index contributed by atoms with van der Waals surface area (Å²) >= 11 is 0. The van der Waals surface area contributed by atoms with E-state index < -0.39 is 10.0 Å². The van der Waals surface area contributed by atoms with E-state index in [0.29, 0.717) is 24.4 Å². The van der Waals surface area contributed by atoms with Crippen molar-refractivity contribution in [1.82, 2.24) is 19.1 Å². The Kier molecular flexibility index (Phi) is 7.53. The fraction of sp³-hybridized carbons (Fsp3) is 0.625. The summed E-state index contributed by atoms with van der Waals surface area (Å²) in [4.78, 5) is 15.5. The number of piperidine rings is 1. The summed E-state index contributed by atoms with van der Waals surface area (Å²) in [5.74, 6) is -0.295. The summed E-state index contributed by atoms with van der Waals surface area (Å²) in [5, 5.41) is 3.96. The van der Waals surface area contributed by atoms with Gasteiger partial charge in [0.2, 0.25) is 15.9 Å². The summed E-state index contributed by atoms with van der Waals surface area (Å²) < 4.78 is 30.0. The molecule has 0 radical (unpaired) electrons. The average molecular weight is 461 g/mol. The highest BCUT2D eigenvalue weighted by Gasteiger charge is 2.33. The lowest BCUT2D eigenvalue weighted by molar-refractivity contribution is -0.126. The van der Waals surface area contributed by atoms with Gasteiger partial charge >= 0.3 is 0 Å². The SMILES string of the molecule is Cn1ccc2cc(S(=O)(=O)N3CCCC(C(=O)NCCCN4CCCCCC4)C3)ccc21. The molecule has 2 fully saturated rings. The third-order valence-electron chi connectivity index (χ3n) is 6.90. The number of amides is 1. The Balaban J connectivity index is 1.31. The van der Waals surface area contributed by atoms with Gasteiger partial charge in [-0.3, -0.25) is 4.79 Å². The lowest BCUT2D eigenvalue weighted by Crippen LogP contribution is -2.45. The molecule has 4 rings (SSSR count). The first-order chi connectivity index (χ1) is 15.4. The molecular formula is C24H36N4O3S. The number of hydrogen-bond donors (Lipinski definition) is 1. The maximum atomic E-state index is 13.3. The predicted octanol–water partition coefficient (Wildman–Crippen LogP) is 2.96. The highest BCUT2D eigenvalue weighted by atomic mass is 32.2. The molecule has 1 atom stereocenters. The Morgan fingerprint density at radius 1 is 1.06 bits per heavy atom. The lowest BCUT2D eigenvalue weighted by atomic mass is 9.99. The minimum Gasteiger partial charge on any atom is -0.356 e. The van der Waals surface area contributed by atoms with Gasteiger partial charge in [-0.2, -0.15) is 4.31 Å². The Hall–Kier alpha value is -1.90. The van der Waals surface area contributed by atoms with Gasteiger partial charge in [0.05, 0.1) is 10.8 Å². The number of rotatable bonds is 7. The lowest BCUT2D eigenvalue weighted by Gasteiger charge is -2.31. The van der Waals surface area contributed by atoms with Crippen LogP contribution in [-0.2, 0) is 21.9 Å². The second-order valence-electron chi connectivity index (χ2n) is 9.25. The third kappa shape index (κ3) is 5.35. The van der Waals surface area contributed by atoms with E-state index in [4.69, 9.17) is 0 Å². The molecule has 0 bridgehead atoms. The molecule has 0 aliphatic carbocycles. The van der Waals surface area contributed by atoms with Gasteiger partial charge in [0.25, 0.3) is 0 Å². The molecule has 1 amide bonds. The van der Waals surface area contributed by atoms with E-state index in [1.54, 1.807) is 12.1 Å². The second-order valence-corrected chi connectivity index (χ2v) is 11.2. The molecule has 2 aliphatic heterocycles. The molecule has 8 heteroatoms. The van der Waals surface area contributed by atoms with E-state index in [2.05, 4.69) is 10.2 Å². The van der Waals surface area contributed by atoms with Crippen LogP contribution in [0.15, 0.2) is 35.4 Å². The van der Waals surface area contributed by atoms with Crippen LogP contribution in [0.25, 0.3) is 10.9 Å². The van der Waals surface area contributed by atoms with Gasteiger partial charge in [-0.15, -0.1) is 0 Å². The highest BCUT2D eigenvalue weighted by Crippen LogP contribution is 2.26. The first-order valence-electron chi connectivity index (χ1n) is 12.0. The first kappa shape index (κ1) is 23.3. The van der Waals surface area contributed by atoms with E-state index in [9.17, 15) is 13.2 Å². The summed E-state index contributed by atoms with van der Waals surface area (Å²) in [5.41, 5.74) is 1.00. The Morgan fingerprint density at radius 3 is 2.62 bits per heavy atom. The quantitative estimate of drug-likeness (QED) is 0.645. The molecule has 2 aliphatic rings. The van der Waals surface area contributed by atoms with Crippen molar-refractivity contribution < 1.29 is 13.2 Å². The molecule has 2 saturated heterocycles. The van der Waals surface area contributed by atoms with Gasteiger partial charge in [-0.05, 0) is 76.0 Å². The van der Waals surface area contributed by atoms with Gasteiger partial charge in [0.15, 0.2) is 0 Å². The van der Waals surface area contributed by atoms with Gasteiger partial charge < -0.3 is 14.8 Å². The third-order valence-corrected chi connectivity index (χ3v) is 8.76. The van der Waals surface area contributed by atoms with Crippen molar-refractivity contribution in [3.8, 4) is 0 Å². The van der Waals surface area contributed by atoms with Crippen LogP contribution in [0.2, 0.25) is 0 Å². The number of benzene rings is 1. The molecule has 1 aromatic heterocycles. The van der Waals surface area contributed by atoms with Crippen molar-refractivity contribution in [1.29, 1.82) is 0 Å². The minimum absolute atomic E-state index is 0.0146. The number of sulfonamides is 1. The number of likely N-dealkylation sites (tertiary alicyclic amines) is 1.